The molecule has 2 N–H and O–H groups in total. The molecule has 0 aliphatic carbocycles. The molecular weight excluding hydrogens is 434 g/mol. The van der Waals surface area contributed by atoms with Crippen LogP contribution in [-0.2, 0) is 6.54 Å². The third-order valence-electron chi connectivity index (χ3n) is 5.19. The van der Waals surface area contributed by atoms with E-state index in [1.165, 1.54) is 20.9 Å². The van der Waals surface area contributed by atoms with Gasteiger partial charge in [-0.1, -0.05) is 24.3 Å². The minimum Gasteiger partial charge on any atom is -0.475 e. The highest BCUT2D eigenvalue weighted by Gasteiger charge is 2.15. The highest BCUT2D eigenvalue weighted by atomic mass is 32.1. The monoisotopic (exact) mass is 463 g/mol. The number of anilines is 1. The van der Waals surface area contributed by atoms with Gasteiger partial charge in [0.15, 0.2) is 0 Å². The first-order valence-electron chi connectivity index (χ1n) is 10.9. The minimum absolute atomic E-state index is 0.0530. The van der Waals surface area contributed by atoms with Crippen LogP contribution in [0.5, 0.6) is 5.88 Å². The third kappa shape index (κ3) is 5.47. The number of hydrogen-bond acceptors (Lipinski definition) is 8. The Morgan fingerprint density at radius 2 is 1.97 bits per heavy atom. The van der Waals surface area contributed by atoms with Crippen molar-refractivity contribution in [1.29, 1.82) is 0 Å². The Labute approximate surface area is 198 Å². The Bertz CT molecular complexity index is 1240. The van der Waals surface area contributed by atoms with Gasteiger partial charge in [0.05, 0.1) is 24.4 Å². The van der Waals surface area contributed by atoms with E-state index in [0.29, 0.717) is 11.7 Å². The maximum Gasteiger partial charge on any atom is 0.214 e. The van der Waals surface area contributed by atoms with Crippen LogP contribution in [0.2, 0.25) is 0 Å². The summed E-state index contributed by atoms with van der Waals surface area (Å²) in [5.41, 5.74) is 3.34. The topological polar surface area (TPSA) is 83.4 Å². The minimum atomic E-state index is -0.0648. The van der Waals surface area contributed by atoms with E-state index >= 15 is 0 Å². The second kappa shape index (κ2) is 10.2. The third-order valence-corrected chi connectivity index (χ3v) is 6.49. The zero-order valence-corrected chi connectivity index (χ0v) is 20.2. The molecule has 0 bridgehead atoms. The van der Waals surface area contributed by atoms with Gasteiger partial charge in [-0.3, -0.25) is 0 Å². The zero-order chi connectivity index (χ0) is 23.4. The van der Waals surface area contributed by atoms with Crippen LogP contribution in [0.15, 0.2) is 48.7 Å². The van der Waals surface area contributed by atoms with Gasteiger partial charge in [-0.05, 0) is 51.2 Å². The normalized spacial score (nSPS) is 12.3. The molecule has 3 aromatic heterocycles. The van der Waals surface area contributed by atoms with Gasteiger partial charge in [-0.2, -0.15) is 0 Å². The Morgan fingerprint density at radius 3 is 2.76 bits per heavy atom. The molecule has 0 fully saturated rings. The molecule has 0 saturated carbocycles. The second-order valence-corrected chi connectivity index (χ2v) is 9.31. The number of pyridine rings is 1. The van der Waals surface area contributed by atoms with Gasteiger partial charge in [0.25, 0.3) is 0 Å². The van der Waals surface area contributed by atoms with Crippen molar-refractivity contribution < 1.29 is 9.84 Å². The van der Waals surface area contributed by atoms with Crippen molar-refractivity contribution in [3.8, 4) is 16.3 Å². The van der Waals surface area contributed by atoms with Crippen molar-refractivity contribution in [1.82, 2.24) is 19.9 Å². The van der Waals surface area contributed by atoms with Gasteiger partial charge in [0, 0.05) is 27.8 Å². The van der Waals surface area contributed by atoms with Crippen LogP contribution in [0.3, 0.4) is 0 Å². The number of aromatic nitrogens is 3. The largest absolute Gasteiger partial charge is 0.475 e. The molecule has 8 heteroatoms. The molecule has 0 aliphatic heterocycles. The van der Waals surface area contributed by atoms with Gasteiger partial charge in [-0.25, -0.2) is 15.0 Å². The summed E-state index contributed by atoms with van der Waals surface area (Å²) in [5.74, 6) is 1.85. The summed E-state index contributed by atoms with van der Waals surface area (Å²) in [7, 11) is 4.18. The lowest BCUT2D eigenvalue weighted by atomic mass is 10.1. The van der Waals surface area contributed by atoms with Crippen molar-refractivity contribution in [2.24, 2.45) is 0 Å². The fourth-order valence-electron chi connectivity index (χ4n) is 3.71. The Balaban J connectivity index is 1.61. The lowest BCUT2D eigenvalue weighted by molar-refractivity contribution is 0.197. The van der Waals surface area contributed by atoms with E-state index in [1.807, 2.05) is 13.0 Å². The lowest BCUT2D eigenvalue weighted by Crippen LogP contribution is -2.11. The molecule has 3 heterocycles. The summed E-state index contributed by atoms with van der Waals surface area (Å²) in [5, 5.41) is 13.4. The Kier molecular flexibility index (Phi) is 7.17. The summed E-state index contributed by atoms with van der Waals surface area (Å²) in [6.45, 7) is 5.03. The van der Waals surface area contributed by atoms with Crippen molar-refractivity contribution in [2.45, 2.75) is 26.4 Å². The summed E-state index contributed by atoms with van der Waals surface area (Å²) in [6.07, 6.45) is 1.68. The molecule has 1 atom stereocenters. The second-order valence-electron chi connectivity index (χ2n) is 8.19. The van der Waals surface area contributed by atoms with Gasteiger partial charge < -0.3 is 20.1 Å². The van der Waals surface area contributed by atoms with Crippen molar-refractivity contribution in [2.75, 3.05) is 32.6 Å². The first kappa shape index (κ1) is 23.1. The van der Waals surface area contributed by atoms with Crippen LogP contribution < -0.4 is 10.1 Å². The Hall–Kier alpha value is -3.07. The van der Waals surface area contributed by atoms with E-state index in [9.17, 15) is 0 Å². The number of aliphatic hydroxyl groups excluding tert-OH is 1. The highest BCUT2D eigenvalue weighted by Crippen LogP contribution is 2.35. The molecule has 0 saturated heterocycles. The molecular formula is C25H29N5O2S. The molecule has 7 nitrogen and oxygen atoms in total. The van der Waals surface area contributed by atoms with E-state index in [-0.39, 0.29) is 19.3 Å². The highest BCUT2D eigenvalue weighted by molar-refractivity contribution is 7.15. The average molecular weight is 464 g/mol. The summed E-state index contributed by atoms with van der Waals surface area (Å²) in [6, 6.07) is 14.8. The van der Waals surface area contributed by atoms with Crippen LogP contribution in [0.1, 0.15) is 29.2 Å². The molecule has 1 aromatic carbocycles. The van der Waals surface area contributed by atoms with Crippen molar-refractivity contribution in [3.05, 3.63) is 64.9 Å². The molecule has 0 radical (unpaired) electrons. The fourth-order valence-corrected chi connectivity index (χ4v) is 4.78. The molecule has 4 aromatic rings. The number of benzene rings is 1. The van der Waals surface area contributed by atoms with Gasteiger partial charge in [0.2, 0.25) is 5.88 Å². The maximum atomic E-state index is 9.03. The first-order chi connectivity index (χ1) is 15.9. The molecule has 33 heavy (non-hydrogen) atoms. The molecule has 172 valence electrons. The van der Waals surface area contributed by atoms with Crippen LogP contribution >= 0.6 is 11.3 Å². The summed E-state index contributed by atoms with van der Waals surface area (Å²) < 4.78 is 5.48. The van der Waals surface area contributed by atoms with E-state index in [0.717, 1.165) is 23.3 Å². The van der Waals surface area contributed by atoms with Crippen LogP contribution in [-0.4, -0.2) is 52.3 Å². The van der Waals surface area contributed by atoms with Crippen LogP contribution in [0.4, 0.5) is 5.82 Å². The number of rotatable bonds is 9. The predicted octanol–water partition coefficient (Wildman–Crippen LogP) is 4.67. The number of aryl methyl sites for hydroxylation is 1. The van der Waals surface area contributed by atoms with E-state index < -0.39 is 0 Å². The predicted molar refractivity (Wildman–Crippen MR) is 134 cm³/mol. The van der Waals surface area contributed by atoms with Gasteiger partial charge >= 0.3 is 0 Å². The molecule has 1 unspecified atom stereocenters. The smallest absolute Gasteiger partial charge is 0.214 e. The summed E-state index contributed by atoms with van der Waals surface area (Å²) in [4.78, 5) is 18.1. The molecule has 4 rings (SSSR count). The molecule has 0 aliphatic rings. The number of nitrogens with zero attached hydrogens (tertiary/aromatic N) is 4. The molecule has 0 amide bonds. The lowest BCUT2D eigenvalue weighted by Gasteiger charge is -2.16. The number of fused-ring (bicyclic) bond motifs is 1. The number of hydrogen-bond donors (Lipinski definition) is 2. The Morgan fingerprint density at radius 1 is 1.15 bits per heavy atom. The van der Waals surface area contributed by atoms with Gasteiger partial charge in [0.1, 0.15) is 18.2 Å². The molecule has 0 spiro atoms. The number of nitrogens with one attached hydrogen (secondary N) is 1. The SMILES string of the molecule is Cc1nc(NC(C)c2ccc(-c3ccccc3CN(C)C)s2)c2cc(OCCO)ncc2n1. The number of thiophene rings is 1. The van der Waals surface area contributed by atoms with E-state index in [2.05, 4.69) is 82.6 Å². The summed E-state index contributed by atoms with van der Waals surface area (Å²) >= 11 is 1.79. The number of ether oxygens (including phenoxy) is 1. The number of aliphatic hydroxyl groups is 1. The van der Waals surface area contributed by atoms with Crippen LogP contribution in [0.25, 0.3) is 21.3 Å². The van der Waals surface area contributed by atoms with Gasteiger partial charge in [-0.15, -0.1) is 11.3 Å². The first-order valence-corrected chi connectivity index (χ1v) is 11.7. The average Bonchev–Trinajstić information content (AvgIpc) is 3.28. The van der Waals surface area contributed by atoms with Crippen molar-refractivity contribution >= 4 is 28.1 Å². The van der Waals surface area contributed by atoms with Crippen LogP contribution in [0, 0.1) is 6.92 Å². The quantitative estimate of drug-likeness (QED) is 0.373. The van der Waals surface area contributed by atoms with E-state index in [4.69, 9.17) is 9.84 Å². The standard InChI is InChI=1S/C25H29N5O2S/c1-16(22-9-10-23(33-22)19-8-6-5-7-18(19)15-30(3)4)27-25-20-13-24(32-12-11-31)26-14-21(20)28-17(2)29-25/h5-10,13-14,16,31H,11-12,15H2,1-4H3,(H,27,28,29). The fraction of sp³-hybridized carbons (Fsp3) is 0.320. The zero-order valence-electron chi connectivity index (χ0n) is 19.4. The maximum absolute atomic E-state index is 9.03. The van der Waals surface area contributed by atoms with Crippen molar-refractivity contribution in [3.63, 3.8) is 0 Å². The van der Waals surface area contributed by atoms with E-state index in [1.54, 1.807) is 17.5 Å².